The number of nitrogens with zero attached hydrogens (tertiary/aromatic N) is 1. The second kappa shape index (κ2) is 6.49. The molecule has 0 unspecified atom stereocenters. The molecule has 0 bridgehead atoms. The van der Waals surface area contributed by atoms with Crippen molar-refractivity contribution >= 4 is 34.2 Å². The van der Waals surface area contributed by atoms with E-state index in [9.17, 15) is 9.90 Å². The molecule has 0 aromatic heterocycles. The van der Waals surface area contributed by atoms with Gasteiger partial charge in [-0.2, -0.15) is 0 Å². The highest BCUT2D eigenvalue weighted by molar-refractivity contribution is 14.1. The molecule has 1 heterocycles. The van der Waals surface area contributed by atoms with Crippen molar-refractivity contribution in [3.8, 4) is 0 Å². The van der Waals surface area contributed by atoms with Crippen LogP contribution in [0.5, 0.6) is 0 Å². The summed E-state index contributed by atoms with van der Waals surface area (Å²) in [5.74, 6) is 0.00777. The Labute approximate surface area is 121 Å². The van der Waals surface area contributed by atoms with E-state index in [0.29, 0.717) is 6.54 Å². The second-order valence-corrected chi connectivity index (χ2v) is 5.81. The van der Waals surface area contributed by atoms with Crippen LogP contribution in [0.2, 0.25) is 0 Å². The highest BCUT2D eigenvalue weighted by Crippen LogP contribution is 2.13. The lowest BCUT2D eigenvalue weighted by atomic mass is 10.1. The minimum absolute atomic E-state index is 0.00777. The van der Waals surface area contributed by atoms with Gasteiger partial charge in [0.1, 0.15) is 0 Å². The second-order valence-electron chi connectivity index (χ2n) is 4.57. The molecule has 18 heavy (non-hydrogen) atoms. The van der Waals surface area contributed by atoms with Crippen molar-refractivity contribution < 1.29 is 9.90 Å². The van der Waals surface area contributed by atoms with E-state index in [1.807, 2.05) is 24.3 Å². The normalized spacial score (nSPS) is 17.7. The van der Waals surface area contributed by atoms with E-state index in [0.717, 1.165) is 35.2 Å². The predicted molar refractivity (Wildman–Crippen MR) is 79.5 cm³/mol. The molecule has 2 rings (SSSR count). The van der Waals surface area contributed by atoms with Gasteiger partial charge in [0.2, 0.25) is 5.91 Å². The van der Waals surface area contributed by atoms with Crippen molar-refractivity contribution in [2.75, 3.05) is 25.0 Å². The number of aliphatic hydroxyl groups is 1. The van der Waals surface area contributed by atoms with Crippen molar-refractivity contribution in [2.45, 2.75) is 18.9 Å². The number of hydrogen-bond donors (Lipinski definition) is 2. The van der Waals surface area contributed by atoms with E-state index in [2.05, 4.69) is 32.8 Å². The van der Waals surface area contributed by atoms with Crippen molar-refractivity contribution in [3.63, 3.8) is 0 Å². The van der Waals surface area contributed by atoms with Crippen LogP contribution in [0.25, 0.3) is 0 Å². The van der Waals surface area contributed by atoms with Crippen molar-refractivity contribution in [1.82, 2.24) is 4.90 Å². The van der Waals surface area contributed by atoms with Crippen LogP contribution in [0.15, 0.2) is 24.3 Å². The highest BCUT2D eigenvalue weighted by atomic mass is 127. The van der Waals surface area contributed by atoms with E-state index in [4.69, 9.17) is 0 Å². The van der Waals surface area contributed by atoms with Gasteiger partial charge in [-0.3, -0.25) is 9.69 Å². The van der Waals surface area contributed by atoms with Gasteiger partial charge in [-0.1, -0.05) is 6.07 Å². The number of anilines is 1. The third kappa shape index (κ3) is 4.22. The Morgan fingerprint density at radius 2 is 2.17 bits per heavy atom. The number of nitrogens with one attached hydrogen (secondary N) is 1. The zero-order valence-corrected chi connectivity index (χ0v) is 12.3. The highest BCUT2D eigenvalue weighted by Gasteiger charge is 2.18. The fourth-order valence-electron chi connectivity index (χ4n) is 2.05. The molecule has 1 aromatic carbocycles. The number of halogens is 1. The molecule has 5 heteroatoms. The maximum Gasteiger partial charge on any atom is 0.238 e. The third-order valence-corrected chi connectivity index (χ3v) is 3.70. The van der Waals surface area contributed by atoms with Crippen LogP contribution in [-0.4, -0.2) is 41.7 Å². The number of likely N-dealkylation sites (tertiary alicyclic amines) is 1. The van der Waals surface area contributed by atoms with E-state index in [-0.39, 0.29) is 12.0 Å². The lowest BCUT2D eigenvalue weighted by molar-refractivity contribution is -0.117. The van der Waals surface area contributed by atoms with Crippen LogP contribution >= 0.6 is 22.6 Å². The summed E-state index contributed by atoms with van der Waals surface area (Å²) in [5.41, 5.74) is 0.837. The van der Waals surface area contributed by atoms with E-state index < -0.39 is 0 Å². The summed E-state index contributed by atoms with van der Waals surface area (Å²) in [5, 5.41) is 12.3. The minimum Gasteiger partial charge on any atom is -0.393 e. The Balaban J connectivity index is 1.82. The lowest BCUT2D eigenvalue weighted by Crippen LogP contribution is -2.40. The number of benzene rings is 1. The number of aliphatic hydroxyl groups excluding tert-OH is 1. The maximum absolute atomic E-state index is 11.9. The Kier molecular flexibility index (Phi) is 4.96. The van der Waals surface area contributed by atoms with Gasteiger partial charge >= 0.3 is 0 Å². The van der Waals surface area contributed by atoms with E-state index in [1.54, 1.807) is 0 Å². The van der Waals surface area contributed by atoms with Crippen molar-refractivity contribution in [2.24, 2.45) is 0 Å². The molecule has 1 saturated heterocycles. The number of carbonyl (C=O) groups excluding carboxylic acids is 1. The summed E-state index contributed by atoms with van der Waals surface area (Å²) in [4.78, 5) is 13.9. The van der Waals surface area contributed by atoms with Crippen LogP contribution < -0.4 is 5.32 Å². The molecule has 1 aromatic rings. The van der Waals surface area contributed by atoms with Gasteiger partial charge in [0, 0.05) is 22.3 Å². The number of piperidine rings is 1. The first kappa shape index (κ1) is 13.8. The Morgan fingerprint density at radius 3 is 2.83 bits per heavy atom. The van der Waals surface area contributed by atoms with Crippen LogP contribution in [0.3, 0.4) is 0 Å². The molecule has 98 valence electrons. The molecular weight excluding hydrogens is 343 g/mol. The number of amides is 1. The molecule has 0 aliphatic carbocycles. The van der Waals surface area contributed by atoms with Gasteiger partial charge in [-0.25, -0.2) is 0 Å². The quantitative estimate of drug-likeness (QED) is 0.807. The summed E-state index contributed by atoms with van der Waals surface area (Å²) in [6, 6.07) is 7.75. The van der Waals surface area contributed by atoms with Gasteiger partial charge in [-0.15, -0.1) is 0 Å². The average Bonchev–Trinajstić information content (AvgIpc) is 2.32. The molecule has 4 nitrogen and oxygen atoms in total. The summed E-state index contributed by atoms with van der Waals surface area (Å²) in [6.45, 7) is 1.99. The Bertz CT molecular complexity index is 417. The fourth-order valence-corrected chi connectivity index (χ4v) is 2.59. The Hall–Kier alpha value is -0.660. The molecular formula is C13H17IN2O2. The van der Waals surface area contributed by atoms with Gasteiger partial charge in [-0.05, 0) is 53.6 Å². The first-order valence-electron chi connectivity index (χ1n) is 6.09. The topological polar surface area (TPSA) is 52.6 Å². The van der Waals surface area contributed by atoms with Crippen LogP contribution in [0.4, 0.5) is 5.69 Å². The summed E-state index contributed by atoms with van der Waals surface area (Å²) < 4.78 is 1.10. The largest absolute Gasteiger partial charge is 0.393 e. The molecule has 0 atom stereocenters. The molecule has 1 amide bonds. The number of rotatable bonds is 3. The smallest absolute Gasteiger partial charge is 0.238 e. The fraction of sp³-hybridized carbons (Fsp3) is 0.462. The average molecular weight is 360 g/mol. The first-order chi connectivity index (χ1) is 8.63. The zero-order valence-electron chi connectivity index (χ0n) is 10.1. The van der Waals surface area contributed by atoms with Crippen molar-refractivity contribution in [1.29, 1.82) is 0 Å². The standard InChI is InChI=1S/C13H17IN2O2/c14-10-2-1-3-11(8-10)15-13(18)9-16-6-4-12(17)5-7-16/h1-3,8,12,17H,4-7,9H2,(H,15,18). The van der Waals surface area contributed by atoms with Gasteiger partial charge in [0.05, 0.1) is 12.6 Å². The monoisotopic (exact) mass is 360 g/mol. The summed E-state index contributed by atoms with van der Waals surface area (Å²) >= 11 is 2.22. The molecule has 0 spiro atoms. The van der Waals surface area contributed by atoms with E-state index >= 15 is 0 Å². The maximum atomic E-state index is 11.9. The molecule has 1 aliphatic rings. The van der Waals surface area contributed by atoms with Crippen LogP contribution in [-0.2, 0) is 4.79 Å². The zero-order chi connectivity index (χ0) is 13.0. The Morgan fingerprint density at radius 1 is 1.44 bits per heavy atom. The van der Waals surface area contributed by atoms with Crippen molar-refractivity contribution in [3.05, 3.63) is 27.8 Å². The molecule has 1 fully saturated rings. The first-order valence-corrected chi connectivity index (χ1v) is 7.17. The van der Waals surface area contributed by atoms with Gasteiger partial charge in [0.15, 0.2) is 0 Å². The van der Waals surface area contributed by atoms with Gasteiger partial charge in [0.25, 0.3) is 0 Å². The molecule has 2 N–H and O–H groups in total. The minimum atomic E-state index is -0.194. The lowest BCUT2D eigenvalue weighted by Gasteiger charge is -2.28. The molecule has 1 aliphatic heterocycles. The van der Waals surface area contributed by atoms with Crippen LogP contribution in [0, 0.1) is 3.57 Å². The van der Waals surface area contributed by atoms with E-state index in [1.165, 1.54) is 0 Å². The number of hydrogen-bond acceptors (Lipinski definition) is 3. The summed E-state index contributed by atoms with van der Waals surface area (Å²) in [7, 11) is 0. The SMILES string of the molecule is O=C(CN1CCC(O)CC1)Nc1cccc(I)c1. The third-order valence-electron chi connectivity index (χ3n) is 3.03. The molecule has 0 radical (unpaired) electrons. The summed E-state index contributed by atoms with van der Waals surface area (Å²) in [6.07, 6.45) is 1.33. The van der Waals surface area contributed by atoms with Crippen LogP contribution in [0.1, 0.15) is 12.8 Å². The van der Waals surface area contributed by atoms with Gasteiger partial charge < -0.3 is 10.4 Å². The molecule has 0 saturated carbocycles. The number of carbonyl (C=O) groups is 1. The predicted octanol–water partition coefficient (Wildman–Crippen LogP) is 1.69.